The van der Waals surface area contributed by atoms with Crippen LogP contribution in [0.25, 0.3) is 0 Å². The fourth-order valence-corrected chi connectivity index (χ4v) is 5.31. The van der Waals surface area contributed by atoms with Crippen LogP contribution in [0.3, 0.4) is 0 Å². The molecule has 72 valence electrons. The quantitative estimate of drug-likeness (QED) is 0.728. The molecule has 0 heterocycles. The second-order valence-corrected chi connectivity index (χ2v) is 7.42. The molecule has 0 bridgehead atoms. The molecule has 0 amide bonds. The molecule has 0 aliphatic heterocycles. The minimum atomic E-state index is -1.75. The van der Waals surface area contributed by atoms with E-state index in [9.17, 15) is 4.80 Å². The van der Waals surface area contributed by atoms with E-state index in [-0.39, 0.29) is 25.8 Å². The Morgan fingerprint density at radius 1 is 0.833 bits per heavy atom. The van der Waals surface area contributed by atoms with E-state index in [0.29, 0.717) is 0 Å². The van der Waals surface area contributed by atoms with Gasteiger partial charge in [-0.05, 0) is 18.1 Å². The molecule has 0 saturated heterocycles. The first kappa shape index (κ1) is 15.5. The van der Waals surface area contributed by atoms with E-state index >= 15 is 0 Å². The van der Waals surface area contributed by atoms with Crippen molar-refractivity contribution in [3.05, 3.63) is 0 Å². The van der Waals surface area contributed by atoms with Crippen molar-refractivity contribution in [3.63, 3.8) is 0 Å². The molecule has 0 unspecified atom stereocenters. The molecule has 1 N–H and O–H groups in total. The van der Waals surface area contributed by atoms with Gasteiger partial charge < -0.3 is 4.80 Å². The van der Waals surface area contributed by atoms with Crippen molar-refractivity contribution in [2.45, 2.75) is 58.2 Å². The molecule has 0 aromatic carbocycles. The maximum Gasteiger partial charge on any atom is 0.188 e. The van der Waals surface area contributed by atoms with Crippen LogP contribution in [0.15, 0.2) is 0 Å². The van der Waals surface area contributed by atoms with E-state index in [2.05, 4.69) is 20.8 Å². The number of rotatable bonds is 6. The average Bonchev–Trinajstić information content (AvgIpc) is 1.88. The van der Waals surface area contributed by atoms with E-state index in [1.54, 1.807) is 0 Å². The molecule has 0 spiro atoms. The van der Waals surface area contributed by atoms with E-state index in [0.717, 1.165) is 37.4 Å². The van der Waals surface area contributed by atoms with E-state index in [1.165, 1.54) is 0 Å². The summed E-state index contributed by atoms with van der Waals surface area (Å²) in [4.78, 5) is 10.2. The zero-order valence-electron chi connectivity index (χ0n) is 8.69. The van der Waals surface area contributed by atoms with Gasteiger partial charge in [-0.25, -0.2) is 0 Å². The van der Waals surface area contributed by atoms with Gasteiger partial charge in [-0.2, -0.15) is 0 Å². The van der Waals surface area contributed by atoms with E-state index < -0.39 is 8.32 Å². The van der Waals surface area contributed by atoms with E-state index in [4.69, 9.17) is 0 Å². The summed E-state index contributed by atoms with van der Waals surface area (Å²) in [6.45, 7) is 6.51. The van der Waals surface area contributed by atoms with Crippen LogP contribution in [0.2, 0.25) is 18.1 Å². The Morgan fingerprint density at radius 2 is 1.08 bits per heavy atom. The number of hydrogen-bond donors (Lipinski definition) is 1. The predicted octanol–water partition coefficient (Wildman–Crippen LogP) is 3.15. The summed E-state index contributed by atoms with van der Waals surface area (Å²) < 4.78 is 0. The Balaban J connectivity index is 0. The molecular weight excluding hydrogens is 331 g/mol. The van der Waals surface area contributed by atoms with Gasteiger partial charge in [0.05, 0.1) is 0 Å². The maximum absolute atomic E-state index is 10.2. The largest absolute Gasteiger partial charge is 0.432 e. The van der Waals surface area contributed by atoms with Crippen LogP contribution in [0.1, 0.15) is 40.0 Å². The monoisotopic (exact) mass is 354 g/mol. The van der Waals surface area contributed by atoms with Gasteiger partial charge in [0.15, 0.2) is 8.32 Å². The summed E-state index contributed by atoms with van der Waals surface area (Å²) in [6, 6.07) is 3.32. The van der Waals surface area contributed by atoms with Crippen molar-refractivity contribution in [2.75, 3.05) is 0 Å². The predicted molar refractivity (Wildman–Crippen MR) is 53.3 cm³/mol. The van der Waals surface area contributed by atoms with Gasteiger partial charge in [-0.1, -0.05) is 40.0 Å². The summed E-state index contributed by atoms with van der Waals surface area (Å²) in [5.74, 6) is 0. The molecular formula is C9H22HfOSi. The Morgan fingerprint density at radius 3 is 1.25 bits per heavy atom. The molecule has 0 radical (unpaired) electrons. The van der Waals surface area contributed by atoms with Gasteiger partial charge in [0.1, 0.15) is 0 Å². The second kappa shape index (κ2) is 8.64. The van der Waals surface area contributed by atoms with Crippen LogP contribution < -0.4 is 0 Å². The Hall–Kier alpha value is 1.05. The van der Waals surface area contributed by atoms with Gasteiger partial charge >= 0.3 is 0 Å². The summed E-state index contributed by atoms with van der Waals surface area (Å²) >= 11 is 0. The van der Waals surface area contributed by atoms with Crippen LogP contribution in [0.5, 0.6) is 0 Å². The molecule has 0 aliphatic carbocycles. The zero-order chi connectivity index (χ0) is 8.74. The Kier molecular flexibility index (Phi) is 11.2. The fourth-order valence-electron chi connectivity index (χ4n) is 1.77. The third-order valence-electron chi connectivity index (χ3n) is 2.15. The summed E-state index contributed by atoms with van der Waals surface area (Å²) in [5.41, 5.74) is 0. The van der Waals surface area contributed by atoms with Crippen molar-refractivity contribution in [1.29, 1.82) is 0 Å². The second-order valence-electron chi connectivity index (χ2n) is 3.47. The first-order valence-corrected chi connectivity index (χ1v) is 7.47. The van der Waals surface area contributed by atoms with Crippen LogP contribution in [0.4, 0.5) is 0 Å². The van der Waals surface area contributed by atoms with Crippen molar-refractivity contribution in [1.82, 2.24) is 0 Å². The number of hydrogen-bond acceptors (Lipinski definition) is 1. The van der Waals surface area contributed by atoms with Gasteiger partial charge in [0, 0.05) is 25.8 Å². The fraction of sp³-hybridized carbons (Fsp3) is 1.00. The molecule has 0 saturated carbocycles. The zero-order valence-corrected chi connectivity index (χ0v) is 13.3. The van der Waals surface area contributed by atoms with Crippen molar-refractivity contribution in [3.8, 4) is 0 Å². The molecule has 0 aromatic heterocycles. The first-order valence-electron chi connectivity index (χ1n) is 4.91. The Bertz CT molecular complexity index is 81.5. The SMILES string of the molecule is CCC[Si](O)(CCC)CCC.[Hf]. The molecule has 1 nitrogen and oxygen atoms in total. The van der Waals surface area contributed by atoms with Gasteiger partial charge in [-0.15, -0.1) is 0 Å². The minimum Gasteiger partial charge on any atom is -0.432 e. The first-order chi connectivity index (χ1) is 5.18. The van der Waals surface area contributed by atoms with Crippen LogP contribution in [-0.2, 0) is 25.8 Å². The molecule has 12 heavy (non-hydrogen) atoms. The average molecular weight is 353 g/mol. The van der Waals surface area contributed by atoms with Crippen molar-refractivity contribution in [2.24, 2.45) is 0 Å². The van der Waals surface area contributed by atoms with Crippen molar-refractivity contribution >= 4 is 8.32 Å². The van der Waals surface area contributed by atoms with Gasteiger partial charge in [-0.3, -0.25) is 0 Å². The summed E-state index contributed by atoms with van der Waals surface area (Å²) in [7, 11) is -1.75. The summed E-state index contributed by atoms with van der Waals surface area (Å²) in [5, 5.41) is 0. The third-order valence-corrected chi connectivity index (χ3v) is 6.44. The topological polar surface area (TPSA) is 20.2 Å². The van der Waals surface area contributed by atoms with Crippen LogP contribution in [0, 0.1) is 0 Å². The van der Waals surface area contributed by atoms with Gasteiger partial charge in [0.25, 0.3) is 0 Å². The molecule has 3 heteroatoms. The van der Waals surface area contributed by atoms with Crippen molar-refractivity contribution < 1.29 is 30.6 Å². The van der Waals surface area contributed by atoms with E-state index in [1.807, 2.05) is 0 Å². The molecule has 0 aromatic rings. The van der Waals surface area contributed by atoms with Crippen LogP contribution in [-0.4, -0.2) is 13.1 Å². The maximum atomic E-state index is 10.2. The minimum absolute atomic E-state index is 0. The molecule has 0 atom stereocenters. The van der Waals surface area contributed by atoms with Gasteiger partial charge in [0.2, 0.25) is 0 Å². The Labute approximate surface area is 96.9 Å². The molecule has 0 fully saturated rings. The normalized spacial score (nSPS) is 11.0. The smallest absolute Gasteiger partial charge is 0.188 e. The molecule has 0 aliphatic rings. The summed E-state index contributed by atoms with van der Waals surface area (Å²) in [6.07, 6.45) is 3.47. The standard InChI is InChI=1S/C9H22OSi.Hf/c1-4-7-11(10,8-5-2)9-6-3;/h10H,4-9H2,1-3H3;. The van der Waals surface area contributed by atoms with Crippen LogP contribution >= 0.6 is 0 Å². The third kappa shape index (κ3) is 6.55. The molecule has 0 rings (SSSR count).